The lowest BCUT2D eigenvalue weighted by atomic mass is 10.0. The molecule has 2 heteroatoms. The lowest BCUT2D eigenvalue weighted by molar-refractivity contribution is 0.973. The zero-order chi connectivity index (χ0) is 11.5. The number of nitrogens with zero attached hydrogens (tertiary/aromatic N) is 2. The van der Waals surface area contributed by atoms with Crippen molar-refractivity contribution in [3.8, 4) is 0 Å². The highest BCUT2D eigenvalue weighted by atomic mass is 14.8. The molecule has 0 aliphatic rings. The van der Waals surface area contributed by atoms with Crippen LogP contribution in [0.2, 0.25) is 0 Å². The molecule has 0 spiro atoms. The molecule has 0 aliphatic heterocycles. The molecular formula is C15H12N2. The molecule has 0 amide bonds. The molecule has 3 rings (SSSR count). The second kappa shape index (κ2) is 4.34. The van der Waals surface area contributed by atoms with Crippen LogP contribution in [-0.2, 0) is 6.42 Å². The SMILES string of the molecule is c1cnc(Cc2cccc3ccccc23)nc1. The summed E-state index contributed by atoms with van der Waals surface area (Å²) in [6.45, 7) is 0. The van der Waals surface area contributed by atoms with Crippen LogP contribution in [0.15, 0.2) is 60.9 Å². The van der Waals surface area contributed by atoms with Crippen molar-refractivity contribution in [1.82, 2.24) is 9.97 Å². The predicted octanol–water partition coefficient (Wildman–Crippen LogP) is 3.22. The minimum atomic E-state index is 0.780. The number of aromatic nitrogens is 2. The van der Waals surface area contributed by atoms with Crippen molar-refractivity contribution in [2.24, 2.45) is 0 Å². The maximum Gasteiger partial charge on any atom is 0.132 e. The van der Waals surface area contributed by atoms with Crippen molar-refractivity contribution in [2.75, 3.05) is 0 Å². The Balaban J connectivity index is 2.06. The Morgan fingerprint density at radius 1 is 0.765 bits per heavy atom. The Morgan fingerprint density at radius 2 is 1.53 bits per heavy atom. The van der Waals surface area contributed by atoms with Crippen LogP contribution in [0.4, 0.5) is 0 Å². The summed E-state index contributed by atoms with van der Waals surface area (Å²) < 4.78 is 0. The van der Waals surface area contributed by atoms with Crippen LogP contribution in [0.5, 0.6) is 0 Å². The Labute approximate surface area is 100.0 Å². The quantitative estimate of drug-likeness (QED) is 0.662. The van der Waals surface area contributed by atoms with Crippen LogP contribution in [0.3, 0.4) is 0 Å². The number of hydrogen-bond acceptors (Lipinski definition) is 2. The third kappa shape index (κ3) is 2.02. The minimum Gasteiger partial charge on any atom is -0.241 e. The zero-order valence-corrected chi connectivity index (χ0v) is 9.38. The topological polar surface area (TPSA) is 25.8 Å². The first-order valence-electron chi connectivity index (χ1n) is 5.66. The molecule has 1 aromatic heterocycles. The summed E-state index contributed by atoms with van der Waals surface area (Å²) in [6.07, 6.45) is 4.35. The van der Waals surface area contributed by atoms with Crippen LogP contribution >= 0.6 is 0 Å². The van der Waals surface area contributed by atoms with Gasteiger partial charge in [0.1, 0.15) is 5.82 Å². The van der Waals surface area contributed by atoms with Crippen molar-refractivity contribution in [2.45, 2.75) is 6.42 Å². The normalized spacial score (nSPS) is 10.6. The Bertz CT molecular complexity index is 627. The molecule has 0 fully saturated rings. The number of hydrogen-bond donors (Lipinski definition) is 0. The maximum absolute atomic E-state index is 4.27. The largest absolute Gasteiger partial charge is 0.241 e. The first-order valence-corrected chi connectivity index (χ1v) is 5.66. The van der Waals surface area contributed by atoms with Gasteiger partial charge in [0.05, 0.1) is 0 Å². The summed E-state index contributed by atoms with van der Waals surface area (Å²) >= 11 is 0. The highest BCUT2D eigenvalue weighted by Gasteiger charge is 2.02. The second-order valence-electron chi connectivity index (χ2n) is 3.98. The molecule has 3 aromatic rings. The summed E-state index contributed by atoms with van der Waals surface area (Å²) in [7, 11) is 0. The van der Waals surface area contributed by atoms with Crippen LogP contribution in [0, 0.1) is 0 Å². The molecule has 0 aliphatic carbocycles. The van der Waals surface area contributed by atoms with Gasteiger partial charge in [-0.3, -0.25) is 0 Å². The van der Waals surface area contributed by atoms with Crippen molar-refractivity contribution in [3.63, 3.8) is 0 Å². The van der Waals surface area contributed by atoms with Crippen molar-refractivity contribution >= 4 is 10.8 Å². The summed E-state index contributed by atoms with van der Waals surface area (Å²) in [4.78, 5) is 8.54. The Morgan fingerprint density at radius 3 is 2.41 bits per heavy atom. The highest BCUT2D eigenvalue weighted by molar-refractivity contribution is 5.85. The molecule has 17 heavy (non-hydrogen) atoms. The molecule has 82 valence electrons. The van der Waals surface area contributed by atoms with Crippen LogP contribution in [0.1, 0.15) is 11.4 Å². The van der Waals surface area contributed by atoms with Gasteiger partial charge in [0.15, 0.2) is 0 Å². The molecule has 0 saturated carbocycles. The molecule has 0 saturated heterocycles. The van der Waals surface area contributed by atoms with E-state index in [4.69, 9.17) is 0 Å². The van der Waals surface area contributed by atoms with E-state index in [-0.39, 0.29) is 0 Å². The fraction of sp³-hybridized carbons (Fsp3) is 0.0667. The van der Waals surface area contributed by atoms with E-state index in [1.165, 1.54) is 16.3 Å². The van der Waals surface area contributed by atoms with Crippen LogP contribution in [0.25, 0.3) is 10.8 Å². The van der Waals surface area contributed by atoms with Crippen molar-refractivity contribution < 1.29 is 0 Å². The standard InChI is InChI=1S/C15H12N2/c1-2-8-14-12(5-1)6-3-7-13(14)11-15-16-9-4-10-17-15/h1-10H,11H2. The molecule has 0 bridgehead atoms. The van der Waals surface area contributed by atoms with Gasteiger partial charge < -0.3 is 0 Å². The van der Waals surface area contributed by atoms with E-state index in [1.54, 1.807) is 12.4 Å². The lowest BCUT2D eigenvalue weighted by Crippen LogP contribution is -1.95. The summed E-state index contributed by atoms with van der Waals surface area (Å²) in [5, 5.41) is 2.54. The average Bonchev–Trinajstić information content (AvgIpc) is 2.40. The molecule has 0 N–H and O–H groups in total. The molecule has 0 atom stereocenters. The number of rotatable bonds is 2. The number of benzene rings is 2. The molecule has 2 nitrogen and oxygen atoms in total. The van der Waals surface area contributed by atoms with Gasteiger partial charge in [-0.2, -0.15) is 0 Å². The molecule has 0 unspecified atom stereocenters. The fourth-order valence-electron chi connectivity index (χ4n) is 2.04. The second-order valence-corrected chi connectivity index (χ2v) is 3.98. The lowest BCUT2D eigenvalue weighted by Gasteiger charge is -2.05. The summed E-state index contributed by atoms with van der Waals surface area (Å²) in [5.74, 6) is 0.865. The van der Waals surface area contributed by atoms with E-state index in [1.807, 2.05) is 6.07 Å². The van der Waals surface area contributed by atoms with Crippen molar-refractivity contribution in [1.29, 1.82) is 0 Å². The van der Waals surface area contributed by atoms with Gasteiger partial charge in [-0.1, -0.05) is 42.5 Å². The Kier molecular flexibility index (Phi) is 2.54. The van der Waals surface area contributed by atoms with Gasteiger partial charge in [-0.05, 0) is 22.4 Å². The first kappa shape index (κ1) is 9.97. The van der Waals surface area contributed by atoms with Gasteiger partial charge in [-0.25, -0.2) is 9.97 Å². The zero-order valence-electron chi connectivity index (χ0n) is 9.38. The van der Waals surface area contributed by atoms with Gasteiger partial charge in [-0.15, -0.1) is 0 Å². The first-order chi connectivity index (χ1) is 8.43. The van der Waals surface area contributed by atoms with Crippen LogP contribution in [-0.4, -0.2) is 9.97 Å². The van der Waals surface area contributed by atoms with E-state index in [0.29, 0.717) is 0 Å². The van der Waals surface area contributed by atoms with Gasteiger partial charge in [0.2, 0.25) is 0 Å². The molecule has 2 aromatic carbocycles. The van der Waals surface area contributed by atoms with Gasteiger partial charge in [0.25, 0.3) is 0 Å². The van der Waals surface area contributed by atoms with Gasteiger partial charge in [0, 0.05) is 18.8 Å². The Hall–Kier alpha value is -2.22. The molecular weight excluding hydrogens is 208 g/mol. The van der Waals surface area contributed by atoms with E-state index in [2.05, 4.69) is 52.4 Å². The van der Waals surface area contributed by atoms with E-state index in [9.17, 15) is 0 Å². The van der Waals surface area contributed by atoms with Crippen molar-refractivity contribution in [3.05, 3.63) is 72.3 Å². The molecule has 0 radical (unpaired) electrons. The third-order valence-corrected chi connectivity index (χ3v) is 2.85. The van der Waals surface area contributed by atoms with Crippen LogP contribution < -0.4 is 0 Å². The monoisotopic (exact) mass is 220 g/mol. The summed E-state index contributed by atoms with van der Waals surface area (Å²) in [5.41, 5.74) is 1.27. The van der Waals surface area contributed by atoms with E-state index >= 15 is 0 Å². The minimum absolute atomic E-state index is 0.780. The maximum atomic E-state index is 4.27. The fourth-order valence-corrected chi connectivity index (χ4v) is 2.04. The molecule has 1 heterocycles. The predicted molar refractivity (Wildman–Crippen MR) is 68.8 cm³/mol. The third-order valence-electron chi connectivity index (χ3n) is 2.85. The highest BCUT2D eigenvalue weighted by Crippen LogP contribution is 2.19. The smallest absolute Gasteiger partial charge is 0.132 e. The number of fused-ring (bicyclic) bond motifs is 1. The van der Waals surface area contributed by atoms with Gasteiger partial charge >= 0.3 is 0 Å². The van der Waals surface area contributed by atoms with E-state index < -0.39 is 0 Å². The van der Waals surface area contributed by atoms with E-state index in [0.717, 1.165) is 12.2 Å². The average molecular weight is 220 g/mol. The summed E-state index contributed by atoms with van der Waals surface area (Å²) in [6, 6.07) is 16.6.